The molecule has 0 amide bonds. The summed E-state index contributed by atoms with van der Waals surface area (Å²) in [5.41, 5.74) is 6.37. The summed E-state index contributed by atoms with van der Waals surface area (Å²) in [7, 11) is 0. The number of oxime groups is 1. The summed E-state index contributed by atoms with van der Waals surface area (Å²) in [6, 6.07) is 5.77. The number of nitrogens with two attached hydrogens (primary N) is 1. The van der Waals surface area contributed by atoms with Crippen molar-refractivity contribution in [2.24, 2.45) is 10.9 Å². The molecular formula is C10H13BrN2OS. The second-order valence-corrected chi connectivity index (χ2v) is 5.03. The summed E-state index contributed by atoms with van der Waals surface area (Å²) in [4.78, 5) is 1.04. The van der Waals surface area contributed by atoms with Crippen LogP contribution in [0, 0.1) is 0 Å². The molecule has 0 atom stereocenters. The lowest BCUT2D eigenvalue weighted by molar-refractivity contribution is 0.318. The van der Waals surface area contributed by atoms with Crippen molar-refractivity contribution in [2.45, 2.75) is 18.2 Å². The molecule has 0 fully saturated rings. The average Bonchev–Trinajstić information content (AvgIpc) is 2.26. The van der Waals surface area contributed by atoms with Crippen molar-refractivity contribution in [2.75, 3.05) is 5.75 Å². The van der Waals surface area contributed by atoms with Crippen LogP contribution in [0.4, 0.5) is 0 Å². The van der Waals surface area contributed by atoms with Crippen LogP contribution in [0.25, 0.3) is 0 Å². The molecule has 0 saturated carbocycles. The van der Waals surface area contributed by atoms with E-state index in [1.807, 2.05) is 18.2 Å². The van der Waals surface area contributed by atoms with E-state index in [9.17, 15) is 0 Å². The van der Waals surface area contributed by atoms with Crippen LogP contribution >= 0.6 is 27.7 Å². The Morgan fingerprint density at radius 2 is 2.33 bits per heavy atom. The molecule has 0 unspecified atom stereocenters. The lowest BCUT2D eigenvalue weighted by atomic mass is 10.2. The number of hydrogen-bond donors (Lipinski definition) is 2. The number of halogens is 1. The van der Waals surface area contributed by atoms with Gasteiger partial charge in [0.2, 0.25) is 0 Å². The highest BCUT2D eigenvalue weighted by molar-refractivity contribution is 9.10. The van der Waals surface area contributed by atoms with Crippen molar-refractivity contribution in [3.05, 3.63) is 28.2 Å². The van der Waals surface area contributed by atoms with Crippen LogP contribution < -0.4 is 5.73 Å². The van der Waals surface area contributed by atoms with Crippen LogP contribution in [0.15, 0.2) is 32.7 Å². The largest absolute Gasteiger partial charge is 0.409 e. The van der Waals surface area contributed by atoms with E-state index >= 15 is 0 Å². The summed E-state index contributed by atoms with van der Waals surface area (Å²) in [5, 5.41) is 11.7. The maximum atomic E-state index is 8.67. The normalized spacial score (nSPS) is 11.7. The molecule has 15 heavy (non-hydrogen) atoms. The first-order valence-electron chi connectivity index (χ1n) is 4.59. The van der Waals surface area contributed by atoms with E-state index in [-0.39, 0.29) is 5.84 Å². The molecule has 1 rings (SSSR count). The van der Waals surface area contributed by atoms with Gasteiger partial charge in [-0.25, -0.2) is 0 Å². The fraction of sp³-hybridized carbons (Fsp3) is 0.300. The van der Waals surface area contributed by atoms with E-state index in [2.05, 4.69) is 28.0 Å². The van der Waals surface area contributed by atoms with E-state index in [1.54, 1.807) is 11.8 Å². The number of amidine groups is 1. The molecule has 1 aromatic carbocycles. The Labute approximate surface area is 102 Å². The smallest absolute Gasteiger partial charge is 0.171 e. The summed E-state index contributed by atoms with van der Waals surface area (Å²) < 4.78 is 0.921. The topological polar surface area (TPSA) is 58.6 Å². The highest BCUT2D eigenvalue weighted by atomic mass is 79.9. The first-order valence-corrected chi connectivity index (χ1v) is 6.37. The van der Waals surface area contributed by atoms with E-state index in [1.165, 1.54) is 0 Å². The van der Waals surface area contributed by atoms with Gasteiger partial charge in [0.25, 0.3) is 0 Å². The molecular weight excluding hydrogens is 276 g/mol. The van der Waals surface area contributed by atoms with E-state index < -0.39 is 0 Å². The Bertz CT molecular complexity index is 368. The third kappa shape index (κ3) is 3.43. The summed E-state index contributed by atoms with van der Waals surface area (Å²) in [5.74, 6) is 1.17. The van der Waals surface area contributed by atoms with Gasteiger partial charge >= 0.3 is 0 Å². The number of thioether (sulfide) groups is 1. The van der Waals surface area contributed by atoms with Crippen molar-refractivity contribution < 1.29 is 5.21 Å². The van der Waals surface area contributed by atoms with Crippen LogP contribution in [-0.4, -0.2) is 16.8 Å². The first kappa shape index (κ1) is 12.4. The zero-order valence-electron chi connectivity index (χ0n) is 8.40. The molecule has 0 aromatic heterocycles. The predicted octanol–water partition coefficient (Wildman–Crippen LogP) is 3.05. The first-order chi connectivity index (χ1) is 7.19. The van der Waals surface area contributed by atoms with Crippen molar-refractivity contribution >= 4 is 33.5 Å². The molecule has 0 aliphatic rings. The zero-order chi connectivity index (χ0) is 11.3. The molecule has 3 N–H and O–H groups in total. The van der Waals surface area contributed by atoms with Crippen molar-refractivity contribution in [3.63, 3.8) is 0 Å². The van der Waals surface area contributed by atoms with Gasteiger partial charge in [0.15, 0.2) is 5.84 Å². The van der Waals surface area contributed by atoms with Gasteiger partial charge in [-0.15, -0.1) is 11.8 Å². The molecule has 0 radical (unpaired) electrons. The maximum Gasteiger partial charge on any atom is 0.171 e. The van der Waals surface area contributed by atoms with Gasteiger partial charge in [-0.2, -0.15) is 0 Å². The standard InChI is InChI=1S/C10H13BrN2OS/c1-2-5-15-9-4-3-7(11)6-8(9)10(12)13-14/h3-4,6,14H,2,5H2,1H3,(H2,12,13). The minimum absolute atomic E-state index is 0.148. The monoisotopic (exact) mass is 288 g/mol. The average molecular weight is 289 g/mol. The molecule has 1 aromatic rings. The Morgan fingerprint density at radius 1 is 1.60 bits per heavy atom. The summed E-state index contributed by atoms with van der Waals surface area (Å²) >= 11 is 5.07. The third-order valence-electron chi connectivity index (χ3n) is 1.79. The number of rotatable bonds is 4. The van der Waals surface area contributed by atoms with Gasteiger partial charge in [-0.1, -0.05) is 28.0 Å². The summed E-state index contributed by atoms with van der Waals surface area (Å²) in [6.45, 7) is 2.12. The van der Waals surface area contributed by atoms with Crippen LogP contribution in [0.5, 0.6) is 0 Å². The van der Waals surface area contributed by atoms with Crippen LogP contribution in [0.1, 0.15) is 18.9 Å². The maximum absolute atomic E-state index is 8.67. The quantitative estimate of drug-likeness (QED) is 0.294. The fourth-order valence-corrected chi connectivity index (χ4v) is 2.36. The highest BCUT2D eigenvalue weighted by Crippen LogP contribution is 2.26. The van der Waals surface area contributed by atoms with Gasteiger partial charge in [-0.05, 0) is 30.4 Å². The molecule has 0 saturated heterocycles. The molecule has 5 heteroatoms. The third-order valence-corrected chi connectivity index (χ3v) is 3.56. The van der Waals surface area contributed by atoms with Gasteiger partial charge in [0.1, 0.15) is 0 Å². The van der Waals surface area contributed by atoms with Crippen LogP contribution in [0.3, 0.4) is 0 Å². The zero-order valence-corrected chi connectivity index (χ0v) is 10.8. The molecule has 0 aliphatic carbocycles. The second kappa shape index (κ2) is 6.02. The number of hydrogen-bond acceptors (Lipinski definition) is 3. The lowest BCUT2D eigenvalue weighted by Crippen LogP contribution is -2.14. The number of benzene rings is 1. The van der Waals surface area contributed by atoms with Gasteiger partial charge in [0.05, 0.1) is 0 Å². The van der Waals surface area contributed by atoms with E-state index in [0.717, 1.165) is 27.1 Å². The lowest BCUT2D eigenvalue weighted by Gasteiger charge is -2.07. The minimum atomic E-state index is 0.148. The van der Waals surface area contributed by atoms with Crippen molar-refractivity contribution in [1.82, 2.24) is 0 Å². The predicted molar refractivity (Wildman–Crippen MR) is 67.7 cm³/mol. The van der Waals surface area contributed by atoms with E-state index in [4.69, 9.17) is 10.9 Å². The van der Waals surface area contributed by atoms with Crippen molar-refractivity contribution in [3.8, 4) is 0 Å². The molecule has 3 nitrogen and oxygen atoms in total. The van der Waals surface area contributed by atoms with Gasteiger partial charge < -0.3 is 10.9 Å². The highest BCUT2D eigenvalue weighted by Gasteiger charge is 2.07. The van der Waals surface area contributed by atoms with Gasteiger partial charge in [0, 0.05) is 14.9 Å². The Balaban J connectivity index is 3.03. The second-order valence-electron chi connectivity index (χ2n) is 2.97. The Kier molecular flexibility index (Phi) is 4.98. The Morgan fingerprint density at radius 3 is 2.93 bits per heavy atom. The Hall–Kier alpha value is -0.680. The molecule has 0 heterocycles. The van der Waals surface area contributed by atoms with E-state index in [0.29, 0.717) is 0 Å². The van der Waals surface area contributed by atoms with Gasteiger partial charge in [-0.3, -0.25) is 0 Å². The van der Waals surface area contributed by atoms with Crippen LogP contribution in [0.2, 0.25) is 0 Å². The number of nitrogens with zero attached hydrogens (tertiary/aromatic N) is 1. The summed E-state index contributed by atoms with van der Waals surface area (Å²) in [6.07, 6.45) is 1.09. The minimum Gasteiger partial charge on any atom is -0.409 e. The molecule has 82 valence electrons. The SMILES string of the molecule is CCCSc1ccc(Br)cc1/C(N)=N/O. The molecule has 0 bridgehead atoms. The fourth-order valence-electron chi connectivity index (χ4n) is 1.09. The molecule has 0 aliphatic heterocycles. The van der Waals surface area contributed by atoms with Crippen molar-refractivity contribution in [1.29, 1.82) is 0 Å². The van der Waals surface area contributed by atoms with Crippen LogP contribution in [-0.2, 0) is 0 Å². The molecule has 0 spiro atoms.